The number of carbonyl (C=O) groups is 1. The van der Waals surface area contributed by atoms with Crippen LogP contribution in [0.25, 0.3) is 0 Å². The van der Waals surface area contributed by atoms with Crippen molar-refractivity contribution >= 4 is 21.8 Å². The van der Waals surface area contributed by atoms with Gasteiger partial charge < -0.3 is 19.8 Å². The molecule has 0 spiro atoms. The van der Waals surface area contributed by atoms with Crippen molar-refractivity contribution in [3.05, 3.63) is 113 Å². The van der Waals surface area contributed by atoms with Crippen LogP contribution < -0.4 is 14.8 Å². The van der Waals surface area contributed by atoms with Gasteiger partial charge in [0.25, 0.3) is 5.91 Å². The van der Waals surface area contributed by atoms with Gasteiger partial charge in [0.05, 0.1) is 14.2 Å². The number of alkyl halides is 1. The number of benzene rings is 3. The zero-order chi connectivity index (χ0) is 24.0. The molecular weight excluding hydrogens is 494 g/mol. The molecule has 0 aliphatic heterocycles. The van der Waals surface area contributed by atoms with Crippen molar-refractivity contribution in [1.29, 1.82) is 0 Å². The summed E-state index contributed by atoms with van der Waals surface area (Å²) in [5, 5.41) is 2.98. The number of aromatic amines is 1. The van der Waals surface area contributed by atoms with Crippen LogP contribution in [0.4, 0.5) is 0 Å². The van der Waals surface area contributed by atoms with Gasteiger partial charge in [-0.3, -0.25) is 4.79 Å². The van der Waals surface area contributed by atoms with Crippen LogP contribution >= 0.6 is 15.9 Å². The number of H-pyrrole nitrogens is 1. The topological polar surface area (TPSA) is 76.2 Å². The summed E-state index contributed by atoms with van der Waals surface area (Å²) in [4.78, 5) is 20.1. The molecule has 4 aromatic rings. The molecule has 2 N–H and O–H groups in total. The van der Waals surface area contributed by atoms with E-state index in [1.54, 1.807) is 26.6 Å². The minimum atomic E-state index is -0.685. The van der Waals surface area contributed by atoms with Gasteiger partial charge in [0.15, 0.2) is 0 Å². The molecule has 0 aliphatic rings. The van der Waals surface area contributed by atoms with Crippen molar-refractivity contribution in [2.75, 3.05) is 20.8 Å². The number of nitrogens with zero attached hydrogens (tertiary/aromatic N) is 1. The maximum absolute atomic E-state index is 12.9. The van der Waals surface area contributed by atoms with Gasteiger partial charge in [0.1, 0.15) is 21.6 Å². The summed E-state index contributed by atoms with van der Waals surface area (Å²) in [6.07, 6.45) is 4.11. The molecule has 0 radical (unpaired) electrons. The average molecular weight is 520 g/mol. The summed E-state index contributed by atoms with van der Waals surface area (Å²) in [6, 6.07) is 23.5. The third-order valence-corrected chi connectivity index (χ3v) is 7.07. The lowest BCUT2D eigenvalue weighted by Crippen LogP contribution is -2.27. The van der Waals surface area contributed by atoms with Crippen LogP contribution in [0, 0.1) is 0 Å². The zero-order valence-electron chi connectivity index (χ0n) is 19.0. The molecule has 0 atom stereocenters. The molecular formula is C27H26BrN3O3. The van der Waals surface area contributed by atoms with Crippen molar-refractivity contribution in [1.82, 2.24) is 15.3 Å². The molecule has 34 heavy (non-hydrogen) atoms. The highest BCUT2D eigenvalue weighted by atomic mass is 79.9. The van der Waals surface area contributed by atoms with Crippen LogP contribution in [0.5, 0.6) is 11.5 Å². The Hall–Kier alpha value is -3.58. The first-order valence-electron chi connectivity index (χ1n) is 10.9. The Morgan fingerprint density at radius 1 is 0.941 bits per heavy atom. The predicted molar refractivity (Wildman–Crippen MR) is 136 cm³/mol. The highest BCUT2D eigenvalue weighted by Gasteiger charge is 2.34. The molecule has 1 aromatic heterocycles. The SMILES string of the molecule is COc1ccc(C(Br)(c2ccc(OC)cc2)c2cccc(C(=O)NCCc3ncc[nH]3)c2)cc1. The van der Waals surface area contributed by atoms with E-state index in [9.17, 15) is 4.79 Å². The Kier molecular flexibility index (Phi) is 7.33. The maximum atomic E-state index is 12.9. The molecule has 0 saturated heterocycles. The third-order valence-electron chi connectivity index (χ3n) is 5.70. The highest BCUT2D eigenvalue weighted by molar-refractivity contribution is 9.10. The average Bonchev–Trinajstić information content (AvgIpc) is 3.42. The number of ether oxygens (including phenoxy) is 2. The molecule has 0 unspecified atom stereocenters. The predicted octanol–water partition coefficient (Wildman–Crippen LogP) is 5.09. The van der Waals surface area contributed by atoms with E-state index in [1.807, 2.05) is 72.8 Å². The van der Waals surface area contributed by atoms with Crippen LogP contribution in [0.3, 0.4) is 0 Å². The summed E-state index contributed by atoms with van der Waals surface area (Å²) >= 11 is 4.04. The van der Waals surface area contributed by atoms with E-state index in [0.29, 0.717) is 18.5 Å². The standard InChI is InChI=1S/C27H26BrN3O3/c1-33-23-10-6-20(7-11-23)27(28,21-8-12-24(34-2)13-9-21)22-5-3-4-19(18-22)26(32)31-15-14-25-29-16-17-30-25/h3-13,16-18H,14-15H2,1-2H3,(H,29,30)(H,31,32). The van der Waals surface area contributed by atoms with Gasteiger partial charge in [-0.2, -0.15) is 0 Å². The molecule has 6 nitrogen and oxygen atoms in total. The summed E-state index contributed by atoms with van der Waals surface area (Å²) in [5.41, 5.74) is 3.53. The van der Waals surface area contributed by atoms with Gasteiger partial charge in [-0.1, -0.05) is 52.3 Å². The van der Waals surface area contributed by atoms with Crippen LogP contribution in [0.1, 0.15) is 32.9 Å². The zero-order valence-corrected chi connectivity index (χ0v) is 20.6. The van der Waals surface area contributed by atoms with E-state index in [-0.39, 0.29) is 5.91 Å². The number of rotatable bonds is 9. The normalized spacial score (nSPS) is 11.1. The number of nitrogens with one attached hydrogen (secondary N) is 2. The highest BCUT2D eigenvalue weighted by Crippen LogP contribution is 2.45. The molecule has 1 heterocycles. The number of hydrogen-bond acceptors (Lipinski definition) is 4. The molecule has 0 aliphatic carbocycles. The van der Waals surface area contributed by atoms with Crippen molar-refractivity contribution in [2.24, 2.45) is 0 Å². The summed E-state index contributed by atoms with van der Waals surface area (Å²) < 4.78 is 10.0. The van der Waals surface area contributed by atoms with Gasteiger partial charge in [0.2, 0.25) is 0 Å². The molecule has 0 saturated carbocycles. The van der Waals surface area contributed by atoms with E-state index >= 15 is 0 Å². The van der Waals surface area contributed by atoms with Crippen LogP contribution in [-0.2, 0) is 10.7 Å². The fourth-order valence-corrected chi connectivity index (χ4v) is 4.62. The first-order chi connectivity index (χ1) is 16.5. The number of amides is 1. The van der Waals surface area contributed by atoms with Gasteiger partial charge >= 0.3 is 0 Å². The lowest BCUT2D eigenvalue weighted by Gasteiger charge is -2.30. The van der Waals surface area contributed by atoms with Crippen LogP contribution in [-0.4, -0.2) is 36.6 Å². The minimum Gasteiger partial charge on any atom is -0.497 e. The molecule has 174 valence electrons. The number of imidazole rings is 1. The number of hydrogen-bond donors (Lipinski definition) is 2. The number of halogens is 1. The monoisotopic (exact) mass is 519 g/mol. The van der Waals surface area contributed by atoms with Crippen molar-refractivity contribution in [2.45, 2.75) is 10.7 Å². The van der Waals surface area contributed by atoms with Gasteiger partial charge in [0, 0.05) is 30.9 Å². The fraction of sp³-hybridized carbons (Fsp3) is 0.185. The Morgan fingerprint density at radius 3 is 2.09 bits per heavy atom. The number of aromatic nitrogens is 2. The second-order valence-electron chi connectivity index (χ2n) is 7.74. The molecule has 0 fully saturated rings. The number of methoxy groups -OCH3 is 2. The molecule has 3 aromatic carbocycles. The molecule has 4 rings (SSSR count). The number of carbonyl (C=O) groups excluding carboxylic acids is 1. The second-order valence-corrected chi connectivity index (χ2v) is 8.93. The Labute approximate surface area is 207 Å². The van der Waals surface area contributed by atoms with E-state index in [0.717, 1.165) is 34.0 Å². The van der Waals surface area contributed by atoms with Crippen LogP contribution in [0.2, 0.25) is 0 Å². The minimum absolute atomic E-state index is 0.132. The van der Waals surface area contributed by atoms with Gasteiger partial charge in [-0.25, -0.2) is 4.98 Å². The maximum Gasteiger partial charge on any atom is 0.251 e. The largest absolute Gasteiger partial charge is 0.497 e. The van der Waals surface area contributed by atoms with E-state index in [4.69, 9.17) is 9.47 Å². The van der Waals surface area contributed by atoms with E-state index < -0.39 is 4.32 Å². The van der Waals surface area contributed by atoms with Gasteiger partial charge in [-0.15, -0.1) is 0 Å². The summed E-state index contributed by atoms with van der Waals surface area (Å²) in [7, 11) is 3.29. The van der Waals surface area contributed by atoms with Crippen LogP contribution in [0.15, 0.2) is 85.2 Å². The Morgan fingerprint density at radius 2 is 1.56 bits per heavy atom. The molecule has 0 bridgehead atoms. The first-order valence-corrected chi connectivity index (χ1v) is 11.7. The molecule has 1 amide bonds. The Bertz CT molecular complexity index is 1180. The van der Waals surface area contributed by atoms with Gasteiger partial charge in [-0.05, 0) is 53.1 Å². The fourth-order valence-electron chi connectivity index (χ4n) is 3.85. The lowest BCUT2D eigenvalue weighted by molar-refractivity contribution is 0.0954. The van der Waals surface area contributed by atoms with Crippen molar-refractivity contribution in [3.8, 4) is 11.5 Å². The van der Waals surface area contributed by atoms with Crippen molar-refractivity contribution in [3.63, 3.8) is 0 Å². The summed E-state index contributed by atoms with van der Waals surface area (Å²) in [5.74, 6) is 2.26. The smallest absolute Gasteiger partial charge is 0.251 e. The van der Waals surface area contributed by atoms with Crippen molar-refractivity contribution < 1.29 is 14.3 Å². The molecule has 7 heteroatoms. The third kappa shape index (κ3) is 4.99. The first kappa shape index (κ1) is 23.6. The lowest BCUT2D eigenvalue weighted by atomic mass is 9.84. The summed E-state index contributed by atoms with van der Waals surface area (Å²) in [6.45, 7) is 0.493. The second kappa shape index (κ2) is 10.6. The van der Waals surface area contributed by atoms with E-state index in [2.05, 4.69) is 31.2 Å². The van der Waals surface area contributed by atoms with E-state index in [1.165, 1.54) is 0 Å². The Balaban J connectivity index is 1.67. The quantitative estimate of drug-likeness (QED) is 0.238.